The Hall–Kier alpha value is -2.45. The quantitative estimate of drug-likeness (QED) is 0.283. The average molecular weight is 498 g/mol. The molecule has 0 saturated carbocycles. The summed E-state index contributed by atoms with van der Waals surface area (Å²) in [5, 5.41) is 50.9. The molecule has 0 radical (unpaired) electrons. The van der Waals surface area contributed by atoms with Crippen LogP contribution in [0.25, 0.3) is 11.0 Å². The fraction of sp³-hybridized carbons (Fsp3) is 0.609. The molecular formula is C23H30O12. The van der Waals surface area contributed by atoms with Gasteiger partial charge in [0.15, 0.2) is 17.6 Å². The van der Waals surface area contributed by atoms with Crippen molar-refractivity contribution in [2.24, 2.45) is 0 Å². The number of hydrogen-bond acceptors (Lipinski definition) is 12. The molecule has 0 spiro atoms. The van der Waals surface area contributed by atoms with E-state index in [1.165, 1.54) is 27.0 Å². The zero-order valence-corrected chi connectivity index (χ0v) is 19.5. The lowest BCUT2D eigenvalue weighted by Gasteiger charge is -2.43. The molecule has 6 atom stereocenters. The zero-order chi connectivity index (χ0) is 25.5. The first-order valence-corrected chi connectivity index (χ1v) is 11.2. The van der Waals surface area contributed by atoms with Gasteiger partial charge in [-0.05, 0) is 19.9 Å². The lowest BCUT2D eigenvalue weighted by molar-refractivity contribution is -0.332. The second kappa shape index (κ2) is 9.90. The lowest BCUT2D eigenvalue weighted by atomic mass is 9.97. The predicted molar refractivity (Wildman–Crippen MR) is 119 cm³/mol. The van der Waals surface area contributed by atoms with Gasteiger partial charge in [0.2, 0.25) is 5.75 Å². The summed E-state index contributed by atoms with van der Waals surface area (Å²) < 4.78 is 33.6. The molecule has 4 rings (SSSR count). The van der Waals surface area contributed by atoms with E-state index < -0.39 is 54.6 Å². The Morgan fingerprint density at radius 3 is 2.57 bits per heavy atom. The lowest BCUT2D eigenvalue weighted by Crippen LogP contribution is -2.61. The highest BCUT2D eigenvalue weighted by Gasteiger charge is 2.47. The zero-order valence-electron chi connectivity index (χ0n) is 19.5. The Morgan fingerprint density at radius 2 is 1.89 bits per heavy atom. The van der Waals surface area contributed by atoms with Crippen molar-refractivity contribution in [3.05, 3.63) is 28.1 Å². The van der Waals surface area contributed by atoms with Gasteiger partial charge in [0.1, 0.15) is 42.9 Å². The molecule has 2 aliphatic heterocycles. The average Bonchev–Trinajstić information content (AvgIpc) is 3.31. The Morgan fingerprint density at radius 1 is 1.14 bits per heavy atom. The Kier molecular flexibility index (Phi) is 7.25. The van der Waals surface area contributed by atoms with E-state index in [-0.39, 0.29) is 17.9 Å². The molecule has 12 heteroatoms. The minimum atomic E-state index is -1.63. The molecule has 1 aromatic heterocycles. The molecule has 1 aromatic carbocycles. The number of methoxy groups -OCH3 is 1. The number of benzene rings is 1. The van der Waals surface area contributed by atoms with Crippen LogP contribution in [-0.4, -0.2) is 94.9 Å². The minimum Gasteiger partial charge on any atom is -0.496 e. The van der Waals surface area contributed by atoms with Crippen molar-refractivity contribution >= 4 is 11.0 Å². The first-order chi connectivity index (χ1) is 16.6. The molecule has 0 amide bonds. The van der Waals surface area contributed by atoms with Crippen molar-refractivity contribution in [1.82, 2.24) is 0 Å². The van der Waals surface area contributed by atoms with Gasteiger partial charge >= 0.3 is 5.63 Å². The van der Waals surface area contributed by atoms with Crippen molar-refractivity contribution in [3.63, 3.8) is 0 Å². The molecule has 6 unspecified atom stereocenters. The number of aliphatic hydroxyl groups is 5. The Balaban J connectivity index is 1.55. The van der Waals surface area contributed by atoms with Crippen molar-refractivity contribution < 1.29 is 53.6 Å². The SMILES string of the molecule is COc1c2c(c(OCC(O)C(C)(C)OC3OC(CO)C(O)C(O)C3O)c3oc(=O)ccc13)OCC2. The number of rotatable bonds is 8. The summed E-state index contributed by atoms with van der Waals surface area (Å²) in [6, 6.07) is 2.83. The summed E-state index contributed by atoms with van der Waals surface area (Å²) in [4.78, 5) is 11.9. The van der Waals surface area contributed by atoms with Gasteiger partial charge in [0.25, 0.3) is 0 Å². The Labute approximate surface area is 200 Å². The van der Waals surface area contributed by atoms with E-state index in [4.69, 9.17) is 28.1 Å². The fourth-order valence-corrected chi connectivity index (χ4v) is 4.17. The van der Waals surface area contributed by atoms with Gasteiger partial charge in [0, 0.05) is 18.1 Å². The van der Waals surface area contributed by atoms with E-state index in [1.807, 2.05) is 0 Å². The molecule has 5 N–H and O–H groups in total. The third kappa shape index (κ3) is 4.70. The van der Waals surface area contributed by atoms with Crippen LogP contribution < -0.4 is 19.8 Å². The maximum atomic E-state index is 11.9. The molecular weight excluding hydrogens is 468 g/mol. The van der Waals surface area contributed by atoms with Gasteiger partial charge in [-0.3, -0.25) is 0 Å². The number of ether oxygens (including phenoxy) is 5. The van der Waals surface area contributed by atoms with Crippen LogP contribution in [0, 0.1) is 0 Å². The molecule has 12 nitrogen and oxygen atoms in total. The Bertz CT molecular complexity index is 1110. The van der Waals surface area contributed by atoms with Gasteiger partial charge < -0.3 is 53.6 Å². The van der Waals surface area contributed by atoms with Crippen LogP contribution >= 0.6 is 0 Å². The normalized spacial score (nSPS) is 27.4. The maximum Gasteiger partial charge on any atom is 0.336 e. The first kappa shape index (κ1) is 25.6. The van der Waals surface area contributed by atoms with Gasteiger partial charge in [0.05, 0.1) is 31.3 Å². The highest BCUT2D eigenvalue weighted by Crippen LogP contribution is 2.48. The molecule has 2 aromatic rings. The molecule has 2 aliphatic rings. The monoisotopic (exact) mass is 498 g/mol. The summed E-state index contributed by atoms with van der Waals surface area (Å²) in [7, 11) is 1.50. The standard InChI is InChI=1S/C23H30O12/c1-23(2,35-22-17(29)16(28)15(27)12(8-24)33-22)13(25)9-32-21-19-11(6-7-31-19)18(30-3)10-4-5-14(26)34-20(10)21/h4-5,12-13,15-17,22,24-25,27-29H,6-9H2,1-3H3. The molecule has 1 saturated heterocycles. The van der Waals surface area contributed by atoms with Crippen molar-refractivity contribution in [2.45, 2.75) is 62.7 Å². The summed E-state index contributed by atoms with van der Waals surface area (Å²) in [5.74, 6) is 0.993. The first-order valence-electron chi connectivity index (χ1n) is 11.2. The van der Waals surface area contributed by atoms with Crippen LogP contribution in [-0.2, 0) is 15.9 Å². The maximum absolute atomic E-state index is 11.9. The number of hydrogen-bond donors (Lipinski definition) is 5. The van der Waals surface area contributed by atoms with Gasteiger partial charge in [-0.25, -0.2) is 4.79 Å². The van der Waals surface area contributed by atoms with Crippen molar-refractivity contribution in [2.75, 3.05) is 26.9 Å². The molecule has 1 fully saturated rings. The predicted octanol–water partition coefficient (Wildman–Crippen LogP) is -0.929. The van der Waals surface area contributed by atoms with E-state index in [2.05, 4.69) is 0 Å². The molecule has 35 heavy (non-hydrogen) atoms. The van der Waals surface area contributed by atoms with Crippen LogP contribution in [0.1, 0.15) is 19.4 Å². The van der Waals surface area contributed by atoms with E-state index in [9.17, 15) is 30.3 Å². The minimum absolute atomic E-state index is 0.106. The summed E-state index contributed by atoms with van der Waals surface area (Å²) in [6.45, 7) is 2.44. The summed E-state index contributed by atoms with van der Waals surface area (Å²) >= 11 is 0. The van der Waals surface area contributed by atoms with Crippen LogP contribution in [0.5, 0.6) is 17.2 Å². The van der Waals surface area contributed by atoms with E-state index in [1.54, 1.807) is 6.07 Å². The third-order valence-electron chi connectivity index (χ3n) is 6.30. The van der Waals surface area contributed by atoms with Gasteiger partial charge in [-0.1, -0.05) is 0 Å². The van der Waals surface area contributed by atoms with E-state index in [0.29, 0.717) is 29.9 Å². The number of aliphatic hydroxyl groups excluding tert-OH is 5. The fourth-order valence-electron chi connectivity index (χ4n) is 4.17. The summed E-state index contributed by atoms with van der Waals surface area (Å²) in [5.41, 5.74) is -1.14. The van der Waals surface area contributed by atoms with Gasteiger partial charge in [-0.2, -0.15) is 0 Å². The van der Waals surface area contributed by atoms with Gasteiger partial charge in [-0.15, -0.1) is 0 Å². The smallest absolute Gasteiger partial charge is 0.336 e. The van der Waals surface area contributed by atoms with Crippen molar-refractivity contribution in [3.8, 4) is 17.2 Å². The van der Waals surface area contributed by atoms with Crippen LogP contribution in [0.2, 0.25) is 0 Å². The second-order valence-corrected chi connectivity index (χ2v) is 9.01. The van der Waals surface area contributed by atoms with Crippen molar-refractivity contribution in [1.29, 1.82) is 0 Å². The van der Waals surface area contributed by atoms with Crippen LogP contribution in [0.15, 0.2) is 21.3 Å². The molecule has 0 bridgehead atoms. The topological polar surface area (TPSA) is 178 Å². The highest BCUT2D eigenvalue weighted by molar-refractivity contribution is 5.93. The van der Waals surface area contributed by atoms with E-state index in [0.717, 1.165) is 5.56 Å². The van der Waals surface area contributed by atoms with Crippen LogP contribution in [0.4, 0.5) is 0 Å². The third-order valence-corrected chi connectivity index (χ3v) is 6.30. The molecule has 0 aliphatic carbocycles. The van der Waals surface area contributed by atoms with Crippen LogP contribution in [0.3, 0.4) is 0 Å². The summed E-state index contributed by atoms with van der Waals surface area (Å²) in [6.07, 6.45) is -8.14. The largest absolute Gasteiger partial charge is 0.496 e. The highest BCUT2D eigenvalue weighted by atomic mass is 16.7. The number of fused-ring (bicyclic) bond motifs is 2. The molecule has 3 heterocycles. The molecule has 194 valence electrons. The van der Waals surface area contributed by atoms with E-state index >= 15 is 0 Å². The second-order valence-electron chi connectivity index (χ2n) is 9.01.